The largest absolute Gasteiger partial charge is 0.467 e. The van der Waals surface area contributed by atoms with Gasteiger partial charge in [-0.05, 0) is 30.3 Å². The molecule has 0 aliphatic carbocycles. The molecule has 0 aliphatic rings. The molecular formula is C21H19N5O6S. The van der Waals surface area contributed by atoms with Crippen LogP contribution in [0.5, 0.6) is 0 Å². The summed E-state index contributed by atoms with van der Waals surface area (Å²) in [5, 5.41) is 17.0. The molecule has 1 aromatic carbocycles. The Balaban J connectivity index is 1.48. The van der Waals surface area contributed by atoms with E-state index in [1.807, 2.05) is 0 Å². The van der Waals surface area contributed by atoms with Gasteiger partial charge in [0.1, 0.15) is 18.1 Å². The quantitative estimate of drug-likeness (QED) is 0.205. The van der Waals surface area contributed by atoms with E-state index in [0.29, 0.717) is 27.7 Å². The molecule has 0 aliphatic heterocycles. The van der Waals surface area contributed by atoms with Crippen molar-refractivity contribution >= 4 is 40.3 Å². The van der Waals surface area contributed by atoms with Gasteiger partial charge in [-0.3, -0.25) is 19.7 Å². The van der Waals surface area contributed by atoms with E-state index < -0.39 is 4.92 Å². The first-order valence-electron chi connectivity index (χ1n) is 9.85. The van der Waals surface area contributed by atoms with E-state index in [2.05, 4.69) is 15.6 Å². The van der Waals surface area contributed by atoms with Crippen LogP contribution in [-0.2, 0) is 29.2 Å². The number of rotatable bonds is 10. The minimum Gasteiger partial charge on any atom is -0.467 e. The SMILES string of the molecule is O=C(CSc1nc2cc([N+](=O)[O-])ccc2n1CC(=O)NCc1ccco1)NCc1ccco1. The fraction of sp³-hybridized carbons (Fsp3) is 0.190. The van der Waals surface area contributed by atoms with Crippen molar-refractivity contribution in [2.75, 3.05) is 5.75 Å². The van der Waals surface area contributed by atoms with Crippen LogP contribution < -0.4 is 10.6 Å². The van der Waals surface area contributed by atoms with Crippen molar-refractivity contribution in [2.45, 2.75) is 24.8 Å². The van der Waals surface area contributed by atoms with Crippen LogP contribution in [0.2, 0.25) is 0 Å². The topological polar surface area (TPSA) is 145 Å². The third kappa shape index (κ3) is 5.60. The highest BCUT2D eigenvalue weighted by atomic mass is 32.2. The van der Waals surface area contributed by atoms with Gasteiger partial charge in [0.2, 0.25) is 11.8 Å². The van der Waals surface area contributed by atoms with Crippen molar-refractivity contribution < 1.29 is 23.3 Å². The van der Waals surface area contributed by atoms with Crippen LogP contribution in [0.4, 0.5) is 5.69 Å². The fourth-order valence-electron chi connectivity index (χ4n) is 3.05. The Bertz CT molecular complexity index is 1270. The monoisotopic (exact) mass is 469 g/mol. The van der Waals surface area contributed by atoms with Crippen molar-refractivity contribution in [1.29, 1.82) is 0 Å². The lowest BCUT2D eigenvalue weighted by atomic mass is 10.3. The number of nitrogens with zero attached hydrogens (tertiary/aromatic N) is 3. The number of carbonyl (C=O) groups is 2. The summed E-state index contributed by atoms with van der Waals surface area (Å²) >= 11 is 1.13. The lowest BCUT2D eigenvalue weighted by molar-refractivity contribution is -0.384. The van der Waals surface area contributed by atoms with Gasteiger partial charge in [-0.15, -0.1) is 0 Å². The zero-order chi connectivity index (χ0) is 23.2. The molecule has 0 fully saturated rings. The molecule has 2 N–H and O–H groups in total. The molecule has 3 heterocycles. The van der Waals surface area contributed by atoms with E-state index in [9.17, 15) is 19.7 Å². The number of furan rings is 2. The van der Waals surface area contributed by atoms with Gasteiger partial charge in [-0.1, -0.05) is 11.8 Å². The van der Waals surface area contributed by atoms with Gasteiger partial charge >= 0.3 is 0 Å². The summed E-state index contributed by atoms with van der Waals surface area (Å²) < 4.78 is 12.0. The molecule has 4 rings (SSSR count). The molecule has 0 saturated heterocycles. The maximum Gasteiger partial charge on any atom is 0.271 e. The molecule has 0 bridgehead atoms. The average molecular weight is 469 g/mol. The van der Waals surface area contributed by atoms with Crippen molar-refractivity contribution in [2.24, 2.45) is 0 Å². The molecule has 0 spiro atoms. The molecule has 11 nitrogen and oxygen atoms in total. The zero-order valence-electron chi connectivity index (χ0n) is 17.2. The number of non-ortho nitro benzene ring substituents is 1. The number of carbonyl (C=O) groups excluding carboxylic acids is 2. The summed E-state index contributed by atoms with van der Waals surface area (Å²) in [6.45, 7) is 0.400. The molecule has 12 heteroatoms. The van der Waals surface area contributed by atoms with Gasteiger partial charge in [-0.2, -0.15) is 0 Å². The molecule has 170 valence electrons. The first kappa shape index (κ1) is 22.1. The van der Waals surface area contributed by atoms with Gasteiger partial charge in [0, 0.05) is 12.1 Å². The molecule has 0 radical (unpaired) electrons. The number of nitro benzene ring substituents is 1. The maximum atomic E-state index is 12.5. The van der Waals surface area contributed by atoms with Crippen molar-refractivity contribution in [3.63, 3.8) is 0 Å². The van der Waals surface area contributed by atoms with Crippen LogP contribution in [0, 0.1) is 10.1 Å². The number of nitro groups is 1. The van der Waals surface area contributed by atoms with Gasteiger partial charge in [0.05, 0.1) is 47.3 Å². The normalized spacial score (nSPS) is 10.9. The number of hydrogen-bond donors (Lipinski definition) is 2. The Labute approximate surface area is 191 Å². The second kappa shape index (κ2) is 10.0. The second-order valence-corrected chi connectivity index (χ2v) is 7.85. The number of nitrogens with one attached hydrogen (secondary N) is 2. The lowest BCUT2D eigenvalue weighted by Crippen LogP contribution is -2.27. The first-order chi connectivity index (χ1) is 16.0. The molecule has 3 aromatic heterocycles. The van der Waals surface area contributed by atoms with Crippen molar-refractivity contribution in [1.82, 2.24) is 20.2 Å². The van der Waals surface area contributed by atoms with Crippen LogP contribution in [0.15, 0.2) is 69.0 Å². The zero-order valence-corrected chi connectivity index (χ0v) is 18.0. The Morgan fingerprint density at radius 2 is 1.70 bits per heavy atom. The minimum absolute atomic E-state index is 0.0418. The maximum absolute atomic E-state index is 12.5. The van der Waals surface area contributed by atoms with Gasteiger partial charge in [0.25, 0.3) is 5.69 Å². The van der Waals surface area contributed by atoms with E-state index in [4.69, 9.17) is 8.83 Å². The van der Waals surface area contributed by atoms with Crippen LogP contribution >= 0.6 is 11.8 Å². The van der Waals surface area contributed by atoms with E-state index >= 15 is 0 Å². The Hall–Kier alpha value is -4.06. The van der Waals surface area contributed by atoms with E-state index in [0.717, 1.165) is 11.8 Å². The standard InChI is InChI=1S/C21H19N5O6S/c27-19(22-10-15-3-1-7-31-15)12-25-18-6-5-14(26(29)30)9-17(18)24-21(25)33-13-20(28)23-11-16-4-2-8-32-16/h1-9H,10-13H2,(H,22,27)(H,23,28). The van der Waals surface area contributed by atoms with Crippen LogP contribution in [0.1, 0.15) is 11.5 Å². The molecule has 2 amide bonds. The minimum atomic E-state index is -0.510. The Morgan fingerprint density at radius 3 is 2.30 bits per heavy atom. The predicted molar refractivity (Wildman–Crippen MR) is 118 cm³/mol. The van der Waals surface area contributed by atoms with E-state index in [-0.39, 0.29) is 42.9 Å². The smallest absolute Gasteiger partial charge is 0.271 e. The highest BCUT2D eigenvalue weighted by Crippen LogP contribution is 2.27. The summed E-state index contributed by atoms with van der Waals surface area (Å²) in [7, 11) is 0. The van der Waals surface area contributed by atoms with E-state index in [1.165, 1.54) is 24.7 Å². The molecule has 4 aromatic rings. The van der Waals surface area contributed by atoms with Crippen molar-refractivity contribution in [3.8, 4) is 0 Å². The number of hydrogen-bond acceptors (Lipinski definition) is 8. The fourth-order valence-corrected chi connectivity index (χ4v) is 3.89. The van der Waals surface area contributed by atoms with Crippen molar-refractivity contribution in [3.05, 3.63) is 76.6 Å². The summed E-state index contributed by atoms with van der Waals surface area (Å²) in [6, 6.07) is 11.2. The number of fused-ring (bicyclic) bond motifs is 1. The highest BCUT2D eigenvalue weighted by Gasteiger charge is 2.18. The average Bonchev–Trinajstić information content (AvgIpc) is 3.56. The number of imidazole rings is 1. The lowest BCUT2D eigenvalue weighted by Gasteiger charge is -2.09. The summed E-state index contributed by atoms with van der Waals surface area (Å²) in [5.41, 5.74) is 0.802. The third-order valence-electron chi connectivity index (χ3n) is 4.62. The Morgan fingerprint density at radius 1 is 1.03 bits per heavy atom. The summed E-state index contributed by atoms with van der Waals surface area (Å²) in [4.78, 5) is 39.8. The number of thioether (sulfide) groups is 1. The molecule has 33 heavy (non-hydrogen) atoms. The number of amides is 2. The van der Waals surface area contributed by atoms with Crippen LogP contribution in [0.25, 0.3) is 11.0 Å². The first-order valence-corrected chi connectivity index (χ1v) is 10.8. The predicted octanol–water partition coefficient (Wildman–Crippen LogP) is 2.86. The summed E-state index contributed by atoms with van der Waals surface area (Å²) in [6.07, 6.45) is 3.04. The van der Waals surface area contributed by atoms with Crippen LogP contribution in [0.3, 0.4) is 0 Å². The molecule has 0 atom stereocenters. The Kier molecular flexibility index (Phi) is 6.74. The number of benzene rings is 1. The highest BCUT2D eigenvalue weighted by molar-refractivity contribution is 7.99. The van der Waals surface area contributed by atoms with Crippen LogP contribution in [-0.4, -0.2) is 32.0 Å². The van der Waals surface area contributed by atoms with E-state index in [1.54, 1.807) is 34.9 Å². The summed E-state index contributed by atoms with van der Waals surface area (Å²) in [5.74, 6) is 0.731. The second-order valence-electron chi connectivity index (χ2n) is 6.91. The van der Waals surface area contributed by atoms with Gasteiger partial charge in [-0.25, -0.2) is 4.98 Å². The molecule has 0 saturated carbocycles. The van der Waals surface area contributed by atoms with Gasteiger partial charge in [0.15, 0.2) is 5.16 Å². The molecular weight excluding hydrogens is 450 g/mol. The molecule has 0 unspecified atom stereocenters. The third-order valence-corrected chi connectivity index (χ3v) is 5.60. The number of aromatic nitrogens is 2. The van der Waals surface area contributed by atoms with Gasteiger partial charge < -0.3 is 24.0 Å².